The lowest BCUT2D eigenvalue weighted by Gasteiger charge is -2.14. The van der Waals surface area contributed by atoms with Crippen molar-refractivity contribution in [1.82, 2.24) is 0 Å². The molecule has 144 valence electrons. The van der Waals surface area contributed by atoms with E-state index in [1.54, 1.807) is 0 Å². The summed E-state index contributed by atoms with van der Waals surface area (Å²) in [7, 11) is 0. The molecule has 0 saturated carbocycles. The first-order valence-corrected chi connectivity index (χ1v) is 10.3. The van der Waals surface area contributed by atoms with Gasteiger partial charge in [-0.05, 0) is 56.6 Å². The number of hydrogen-bond donors (Lipinski definition) is 2. The van der Waals surface area contributed by atoms with Crippen molar-refractivity contribution in [3.63, 3.8) is 0 Å². The maximum atomic E-state index is 12.9. The number of carbonyl (C=O) groups excluding carboxylic acids is 1. The Morgan fingerprint density at radius 1 is 0.533 bits per heavy atom. The monoisotopic (exact) mass is 388 g/mol. The molecule has 2 N–H and O–H groups in total. The fourth-order valence-electron chi connectivity index (χ4n) is 4.82. The molecule has 0 saturated heterocycles. The molecule has 30 heavy (non-hydrogen) atoms. The molecule has 4 aromatic rings. The summed E-state index contributed by atoms with van der Waals surface area (Å²) in [6.45, 7) is 0. The second-order valence-electron chi connectivity index (χ2n) is 7.91. The number of nitrogens with one attached hydrogen (secondary N) is 2. The van der Waals surface area contributed by atoms with Gasteiger partial charge in [-0.2, -0.15) is 0 Å². The van der Waals surface area contributed by atoms with Gasteiger partial charge in [-0.25, -0.2) is 4.79 Å². The minimum Gasteiger partial charge on any atom is -0.307 e. The normalized spacial score (nSPS) is 12.5. The third kappa shape index (κ3) is 2.63. The van der Waals surface area contributed by atoms with E-state index in [1.807, 2.05) is 24.3 Å². The Bertz CT molecular complexity index is 1220. The maximum Gasteiger partial charge on any atom is 0.323 e. The molecule has 2 amide bonds. The Labute approximate surface area is 175 Å². The van der Waals surface area contributed by atoms with Crippen molar-refractivity contribution in [1.29, 1.82) is 0 Å². The summed E-state index contributed by atoms with van der Waals surface area (Å²) >= 11 is 0. The van der Waals surface area contributed by atoms with E-state index in [4.69, 9.17) is 0 Å². The summed E-state index contributed by atoms with van der Waals surface area (Å²) in [5.41, 5.74) is 11.7. The van der Waals surface area contributed by atoms with Crippen LogP contribution in [0.5, 0.6) is 0 Å². The Kier molecular flexibility index (Phi) is 3.75. The zero-order valence-corrected chi connectivity index (χ0v) is 16.4. The van der Waals surface area contributed by atoms with Crippen molar-refractivity contribution in [2.24, 2.45) is 0 Å². The minimum atomic E-state index is -0.205. The average Bonchev–Trinajstić information content (AvgIpc) is 3.34. The number of urea groups is 1. The number of fused-ring (bicyclic) bond motifs is 6. The van der Waals surface area contributed by atoms with Crippen molar-refractivity contribution in [2.75, 3.05) is 10.6 Å². The molecule has 0 bridgehead atoms. The van der Waals surface area contributed by atoms with E-state index in [2.05, 4.69) is 71.3 Å². The molecule has 0 radical (unpaired) electrons. The van der Waals surface area contributed by atoms with Crippen LogP contribution < -0.4 is 10.6 Å². The van der Waals surface area contributed by atoms with Gasteiger partial charge in [0.15, 0.2) is 0 Å². The van der Waals surface area contributed by atoms with Crippen LogP contribution >= 0.6 is 0 Å². The van der Waals surface area contributed by atoms with Crippen molar-refractivity contribution in [3.8, 4) is 22.3 Å². The van der Waals surface area contributed by atoms with Crippen LogP contribution in [0, 0.1) is 0 Å². The molecule has 0 heterocycles. The Morgan fingerprint density at radius 2 is 0.967 bits per heavy atom. The third-order valence-corrected chi connectivity index (χ3v) is 6.20. The molecule has 2 aliphatic carbocycles. The summed E-state index contributed by atoms with van der Waals surface area (Å²) in [6, 6.07) is 28.9. The van der Waals surface area contributed by atoms with Crippen molar-refractivity contribution in [2.45, 2.75) is 12.8 Å². The summed E-state index contributed by atoms with van der Waals surface area (Å²) in [6.07, 6.45) is 1.69. The van der Waals surface area contributed by atoms with Crippen LogP contribution in [0.3, 0.4) is 0 Å². The zero-order valence-electron chi connectivity index (χ0n) is 16.4. The summed E-state index contributed by atoms with van der Waals surface area (Å²) in [5, 5.41) is 6.18. The minimum absolute atomic E-state index is 0.205. The first-order chi connectivity index (χ1) is 14.8. The molecule has 3 heteroatoms. The van der Waals surface area contributed by atoms with Gasteiger partial charge in [0.05, 0.1) is 0 Å². The third-order valence-electron chi connectivity index (χ3n) is 6.20. The molecule has 6 rings (SSSR count). The van der Waals surface area contributed by atoms with Gasteiger partial charge in [-0.15, -0.1) is 0 Å². The highest BCUT2D eigenvalue weighted by Gasteiger charge is 2.23. The first kappa shape index (κ1) is 17.0. The van der Waals surface area contributed by atoms with Gasteiger partial charge in [0.25, 0.3) is 0 Å². The van der Waals surface area contributed by atoms with Crippen LogP contribution in [0.1, 0.15) is 22.3 Å². The van der Waals surface area contributed by atoms with Crippen LogP contribution in [-0.2, 0) is 12.8 Å². The molecule has 0 spiro atoms. The van der Waals surface area contributed by atoms with Gasteiger partial charge in [-0.1, -0.05) is 72.8 Å². The lowest BCUT2D eigenvalue weighted by Crippen LogP contribution is -2.21. The second kappa shape index (κ2) is 6.60. The van der Waals surface area contributed by atoms with Crippen LogP contribution in [0.2, 0.25) is 0 Å². The molecule has 0 aromatic heterocycles. The summed E-state index contributed by atoms with van der Waals surface area (Å²) in [4.78, 5) is 12.9. The predicted octanol–water partition coefficient (Wildman–Crippen LogP) is 6.47. The summed E-state index contributed by atoms with van der Waals surface area (Å²) < 4.78 is 0. The van der Waals surface area contributed by atoms with Crippen molar-refractivity contribution >= 4 is 17.4 Å². The SMILES string of the molecule is O=C(Nc1cccc2c1Cc1ccccc1-2)Nc1cccc2c1Cc1ccccc1-2. The molecule has 0 fully saturated rings. The zero-order chi connectivity index (χ0) is 20.1. The maximum absolute atomic E-state index is 12.9. The molecular formula is C27H20N2O. The largest absolute Gasteiger partial charge is 0.323 e. The number of hydrogen-bond acceptors (Lipinski definition) is 1. The number of rotatable bonds is 2. The van der Waals surface area contributed by atoms with Gasteiger partial charge in [0, 0.05) is 24.2 Å². The van der Waals surface area contributed by atoms with E-state index in [-0.39, 0.29) is 6.03 Å². The smallest absolute Gasteiger partial charge is 0.307 e. The Morgan fingerprint density at radius 3 is 1.47 bits per heavy atom. The number of anilines is 2. The molecule has 0 unspecified atom stereocenters. The second-order valence-corrected chi connectivity index (χ2v) is 7.91. The van der Waals surface area contributed by atoms with E-state index < -0.39 is 0 Å². The summed E-state index contributed by atoms with van der Waals surface area (Å²) in [5.74, 6) is 0. The van der Waals surface area contributed by atoms with Crippen LogP contribution in [0.4, 0.5) is 16.2 Å². The first-order valence-electron chi connectivity index (χ1n) is 10.3. The van der Waals surface area contributed by atoms with Crippen LogP contribution in [0.25, 0.3) is 22.3 Å². The fraction of sp³-hybridized carbons (Fsp3) is 0.0741. The van der Waals surface area contributed by atoms with Crippen molar-refractivity contribution < 1.29 is 4.79 Å². The van der Waals surface area contributed by atoms with Crippen molar-refractivity contribution in [3.05, 3.63) is 107 Å². The predicted molar refractivity (Wildman–Crippen MR) is 122 cm³/mol. The fourth-order valence-corrected chi connectivity index (χ4v) is 4.82. The van der Waals surface area contributed by atoms with Gasteiger partial charge in [0.1, 0.15) is 0 Å². The van der Waals surface area contributed by atoms with Gasteiger partial charge < -0.3 is 10.6 Å². The van der Waals surface area contributed by atoms with Gasteiger partial charge >= 0.3 is 6.03 Å². The van der Waals surface area contributed by atoms with E-state index in [0.717, 1.165) is 24.2 Å². The van der Waals surface area contributed by atoms with Crippen LogP contribution in [-0.4, -0.2) is 6.03 Å². The van der Waals surface area contributed by atoms with Crippen LogP contribution in [0.15, 0.2) is 84.9 Å². The average molecular weight is 388 g/mol. The van der Waals surface area contributed by atoms with Gasteiger partial charge in [0.2, 0.25) is 0 Å². The highest BCUT2D eigenvalue weighted by molar-refractivity contribution is 6.03. The molecule has 0 atom stereocenters. The molecular weight excluding hydrogens is 368 g/mol. The molecule has 3 nitrogen and oxygen atoms in total. The van der Waals surface area contributed by atoms with E-state index >= 15 is 0 Å². The topological polar surface area (TPSA) is 41.1 Å². The van der Waals surface area contributed by atoms with E-state index in [9.17, 15) is 4.79 Å². The standard InChI is InChI=1S/C27H20N2O/c30-27(28-25-13-5-11-21-19-9-3-1-7-17(19)15-23(21)25)29-26-14-6-12-22-20-10-4-2-8-18(20)16-24(22)26/h1-14H,15-16H2,(H2,28,29,30). The Balaban J connectivity index is 1.27. The lowest BCUT2D eigenvalue weighted by atomic mass is 10.0. The molecule has 2 aliphatic rings. The quantitative estimate of drug-likeness (QED) is 0.350. The van der Waals surface area contributed by atoms with Gasteiger partial charge in [-0.3, -0.25) is 0 Å². The highest BCUT2D eigenvalue weighted by Crippen LogP contribution is 2.41. The Hall–Kier alpha value is -3.85. The number of amides is 2. The number of benzene rings is 4. The highest BCUT2D eigenvalue weighted by atomic mass is 16.2. The van der Waals surface area contributed by atoms with E-state index in [0.29, 0.717) is 0 Å². The molecule has 4 aromatic carbocycles. The molecule has 0 aliphatic heterocycles. The van der Waals surface area contributed by atoms with E-state index in [1.165, 1.54) is 44.5 Å². The number of carbonyl (C=O) groups is 1. The lowest BCUT2D eigenvalue weighted by molar-refractivity contribution is 0.262.